The molecule has 0 radical (unpaired) electrons. The molecule has 0 aliphatic heterocycles. The molecule has 0 bridgehead atoms. The lowest BCUT2D eigenvalue weighted by molar-refractivity contribution is -0.386. The van der Waals surface area contributed by atoms with Gasteiger partial charge in [0.25, 0.3) is 11.4 Å². The molecule has 0 aromatic heterocycles. The van der Waals surface area contributed by atoms with Gasteiger partial charge in [0.15, 0.2) is 23.0 Å². The zero-order chi connectivity index (χ0) is 29.9. The molecule has 0 atom stereocenters. The first-order valence-electron chi connectivity index (χ1n) is 11.4. The van der Waals surface area contributed by atoms with E-state index in [1.165, 1.54) is 24.3 Å². The summed E-state index contributed by atoms with van der Waals surface area (Å²) in [5.41, 5.74) is 22.7. The smallest absolute Gasteiger partial charge is 0.508 e. The van der Waals surface area contributed by atoms with Gasteiger partial charge in [-0.2, -0.15) is 0 Å². The number of benzene rings is 4. The van der Waals surface area contributed by atoms with Crippen molar-refractivity contribution in [3.05, 3.63) is 93.0 Å². The predicted molar refractivity (Wildman–Crippen MR) is 145 cm³/mol. The number of rotatable bonds is 10. The van der Waals surface area contributed by atoms with Crippen LogP contribution in [-0.4, -0.2) is 26.2 Å². The molecule has 4 aromatic carbocycles. The number of nitro benzene ring substituents is 2. The molecule has 4 rings (SSSR count). The van der Waals surface area contributed by atoms with Gasteiger partial charge in [0.2, 0.25) is 0 Å². The van der Waals surface area contributed by atoms with Gasteiger partial charge in [-0.25, -0.2) is 0 Å². The third kappa shape index (κ3) is 6.23. The van der Waals surface area contributed by atoms with Crippen LogP contribution in [0.5, 0.6) is 34.5 Å². The van der Waals surface area contributed by atoms with Gasteiger partial charge in [-0.05, 0) is 36.4 Å². The van der Waals surface area contributed by atoms with Crippen LogP contribution in [0.2, 0.25) is 0 Å². The SMILES string of the molecule is Nc1ccc(O)cc1OC(Oc1cc(O)ccc1N)(Oc1cc([N+](=O)[O-])ccc1N)Oc1cc([N+](=O)[O-])ccc1N. The standard InChI is InChI=1S/C25H22N6O10/c26-17-5-1-13(30(34)35)9-21(17)38-25(40-23-11-15(32)3-7-19(23)28,41-24-12-16(33)4-8-20(24)29)39-22-10-14(31(36)37)2-6-18(22)27/h1-12,32-33H,26-29H2. The number of hydrogen-bond acceptors (Lipinski definition) is 14. The molecule has 16 nitrogen and oxygen atoms in total. The van der Waals surface area contributed by atoms with Crippen molar-refractivity contribution in [3.8, 4) is 34.5 Å². The summed E-state index contributed by atoms with van der Waals surface area (Å²) >= 11 is 0. The molecule has 0 unspecified atom stereocenters. The van der Waals surface area contributed by atoms with Crippen LogP contribution in [0.1, 0.15) is 0 Å². The highest BCUT2D eigenvalue weighted by Crippen LogP contribution is 2.40. The largest absolute Gasteiger partial charge is 0.611 e. The van der Waals surface area contributed by atoms with E-state index in [2.05, 4.69) is 0 Å². The Balaban J connectivity index is 1.97. The monoisotopic (exact) mass is 566 g/mol. The number of anilines is 4. The Morgan fingerprint density at radius 1 is 0.537 bits per heavy atom. The van der Waals surface area contributed by atoms with Crippen molar-refractivity contribution >= 4 is 34.1 Å². The van der Waals surface area contributed by atoms with E-state index in [1.807, 2.05) is 0 Å². The fourth-order valence-electron chi connectivity index (χ4n) is 3.34. The second kappa shape index (κ2) is 10.8. The van der Waals surface area contributed by atoms with E-state index in [0.29, 0.717) is 0 Å². The van der Waals surface area contributed by atoms with E-state index < -0.39 is 38.9 Å². The van der Waals surface area contributed by atoms with Gasteiger partial charge < -0.3 is 52.1 Å². The van der Waals surface area contributed by atoms with Gasteiger partial charge >= 0.3 is 6.16 Å². The number of ether oxygens (including phenoxy) is 4. The van der Waals surface area contributed by atoms with Crippen LogP contribution in [0.4, 0.5) is 34.1 Å². The molecular weight excluding hydrogens is 544 g/mol. The second-order valence-corrected chi connectivity index (χ2v) is 8.31. The topological polar surface area (TPSA) is 268 Å². The van der Waals surface area contributed by atoms with E-state index in [0.717, 1.165) is 48.5 Å². The summed E-state index contributed by atoms with van der Waals surface area (Å²) in [6, 6.07) is 13.5. The lowest BCUT2D eigenvalue weighted by Crippen LogP contribution is -2.54. The lowest BCUT2D eigenvalue weighted by atomic mass is 10.2. The molecule has 0 aliphatic carbocycles. The molecule has 4 aromatic rings. The Hall–Kier alpha value is -6.32. The van der Waals surface area contributed by atoms with Gasteiger partial charge in [-0.3, -0.25) is 20.2 Å². The van der Waals surface area contributed by atoms with Crippen molar-refractivity contribution in [2.75, 3.05) is 22.9 Å². The zero-order valence-corrected chi connectivity index (χ0v) is 20.8. The average molecular weight is 566 g/mol. The number of nitrogens with two attached hydrogens (primary N) is 4. The van der Waals surface area contributed by atoms with Crippen molar-refractivity contribution in [1.29, 1.82) is 0 Å². The van der Waals surface area contributed by atoms with Crippen molar-refractivity contribution in [2.45, 2.75) is 6.16 Å². The van der Waals surface area contributed by atoms with Crippen molar-refractivity contribution in [2.24, 2.45) is 0 Å². The molecule has 0 heterocycles. The van der Waals surface area contributed by atoms with Crippen LogP contribution in [0.15, 0.2) is 72.8 Å². The zero-order valence-electron chi connectivity index (χ0n) is 20.8. The third-order valence-corrected chi connectivity index (χ3v) is 5.35. The number of nitrogens with zero attached hydrogens (tertiary/aromatic N) is 2. The van der Waals surface area contributed by atoms with E-state index >= 15 is 0 Å². The molecule has 16 heteroatoms. The van der Waals surface area contributed by atoms with E-state index in [1.54, 1.807) is 0 Å². The van der Waals surface area contributed by atoms with E-state index in [4.69, 9.17) is 41.9 Å². The van der Waals surface area contributed by atoms with E-state index in [-0.39, 0.29) is 45.7 Å². The number of phenols is 2. The average Bonchev–Trinajstić information content (AvgIpc) is 2.90. The minimum absolute atomic E-state index is 0.0779. The van der Waals surface area contributed by atoms with Crippen LogP contribution in [0.25, 0.3) is 0 Å². The molecule has 0 saturated heterocycles. The first-order valence-corrected chi connectivity index (χ1v) is 11.4. The fraction of sp³-hybridized carbons (Fsp3) is 0.0400. The van der Waals surface area contributed by atoms with Gasteiger partial charge in [0.1, 0.15) is 11.5 Å². The van der Waals surface area contributed by atoms with Crippen LogP contribution in [0.3, 0.4) is 0 Å². The molecule has 41 heavy (non-hydrogen) atoms. The summed E-state index contributed by atoms with van der Waals surface area (Å²) in [7, 11) is 0. The molecule has 0 saturated carbocycles. The molecule has 0 spiro atoms. The number of hydrogen-bond donors (Lipinski definition) is 6. The van der Waals surface area contributed by atoms with Gasteiger partial charge in [0, 0.05) is 24.3 Å². The van der Waals surface area contributed by atoms with Crippen LogP contribution < -0.4 is 41.9 Å². The number of non-ortho nitro benzene ring substituents is 2. The highest BCUT2D eigenvalue weighted by molar-refractivity contribution is 5.60. The molecule has 0 fully saturated rings. The quantitative estimate of drug-likeness (QED) is 0.0527. The van der Waals surface area contributed by atoms with Crippen LogP contribution in [-0.2, 0) is 0 Å². The van der Waals surface area contributed by atoms with E-state index in [9.17, 15) is 30.4 Å². The number of nitro groups is 2. The molecule has 0 amide bonds. The summed E-state index contributed by atoms with van der Waals surface area (Å²) in [5.74, 6) is -2.08. The van der Waals surface area contributed by atoms with Gasteiger partial charge in [0.05, 0.1) is 44.7 Å². The summed E-state index contributed by atoms with van der Waals surface area (Å²) in [5, 5.41) is 43.1. The van der Waals surface area contributed by atoms with Gasteiger partial charge in [-0.1, -0.05) is 0 Å². The molecular formula is C25H22N6O10. The molecule has 10 N–H and O–H groups in total. The van der Waals surface area contributed by atoms with Crippen molar-refractivity contribution in [1.82, 2.24) is 0 Å². The Morgan fingerprint density at radius 2 is 0.829 bits per heavy atom. The predicted octanol–water partition coefficient (Wildman–Crippen LogP) is 3.47. The minimum atomic E-state index is -2.96. The Labute approximate surface area is 230 Å². The first-order chi connectivity index (χ1) is 19.4. The maximum atomic E-state index is 11.5. The highest BCUT2D eigenvalue weighted by Gasteiger charge is 2.46. The normalized spacial score (nSPS) is 10.9. The minimum Gasteiger partial charge on any atom is -0.508 e. The molecule has 212 valence electrons. The van der Waals surface area contributed by atoms with Gasteiger partial charge in [-0.15, -0.1) is 0 Å². The fourth-order valence-corrected chi connectivity index (χ4v) is 3.34. The Morgan fingerprint density at radius 3 is 1.15 bits per heavy atom. The van der Waals surface area contributed by atoms with Crippen molar-refractivity contribution in [3.63, 3.8) is 0 Å². The number of nitrogen functional groups attached to an aromatic ring is 4. The Bertz CT molecular complexity index is 1530. The van der Waals surface area contributed by atoms with Crippen LogP contribution >= 0.6 is 0 Å². The van der Waals surface area contributed by atoms with Crippen molar-refractivity contribution < 1.29 is 39.0 Å². The van der Waals surface area contributed by atoms with Crippen LogP contribution in [0, 0.1) is 20.2 Å². The Kier molecular flexibility index (Phi) is 7.31. The maximum absolute atomic E-state index is 11.5. The first kappa shape index (κ1) is 27.7. The summed E-state index contributed by atoms with van der Waals surface area (Å²) in [6.45, 7) is 0. The highest BCUT2D eigenvalue weighted by atomic mass is 17.0. The number of aromatic hydroxyl groups is 2. The molecule has 0 aliphatic rings. The maximum Gasteiger partial charge on any atom is 0.611 e. The lowest BCUT2D eigenvalue weighted by Gasteiger charge is -2.33. The second-order valence-electron chi connectivity index (χ2n) is 8.31. The summed E-state index contributed by atoms with van der Waals surface area (Å²) in [4.78, 5) is 21.5. The number of phenolic OH excluding ortho intramolecular Hbond substituents is 2. The summed E-state index contributed by atoms with van der Waals surface area (Å²) in [6.07, 6.45) is -2.96. The third-order valence-electron chi connectivity index (χ3n) is 5.35. The summed E-state index contributed by atoms with van der Waals surface area (Å²) < 4.78 is 23.6.